The van der Waals surface area contributed by atoms with Gasteiger partial charge in [0.05, 0.1) is 11.1 Å². The number of hydrogen-bond donors (Lipinski definition) is 3. The van der Waals surface area contributed by atoms with Crippen LogP contribution in [0.25, 0.3) is 0 Å². The number of hydrogen-bond acceptors (Lipinski definition) is 7. The largest absolute Gasteiger partial charge is 0.465 e. The highest BCUT2D eigenvalue weighted by Gasteiger charge is 2.36. The Bertz CT molecular complexity index is 1160. The predicted molar refractivity (Wildman–Crippen MR) is 140 cm³/mol. The Labute approximate surface area is 225 Å². The van der Waals surface area contributed by atoms with Crippen LogP contribution in [-0.2, 0) is 19.1 Å². The van der Waals surface area contributed by atoms with Gasteiger partial charge in [0.25, 0.3) is 11.8 Å². The molecule has 2 heterocycles. The van der Waals surface area contributed by atoms with Crippen LogP contribution in [0, 0.1) is 0 Å². The fraction of sp³-hybridized carbons (Fsp3) is 0.292. The molecule has 0 unspecified atom stereocenters. The van der Waals surface area contributed by atoms with Gasteiger partial charge in [-0.25, -0.2) is 4.98 Å². The molecule has 1 aliphatic heterocycles. The van der Waals surface area contributed by atoms with Gasteiger partial charge in [0.2, 0.25) is 5.91 Å². The molecule has 1 saturated heterocycles. The molecule has 1 aromatic carbocycles. The first-order chi connectivity index (χ1) is 17.3. The fourth-order valence-electron chi connectivity index (χ4n) is 3.52. The predicted octanol–water partition coefficient (Wildman–Crippen LogP) is 2.96. The van der Waals surface area contributed by atoms with Gasteiger partial charge >= 0.3 is 5.97 Å². The lowest BCUT2D eigenvalue weighted by Crippen LogP contribution is -2.49. The molecule has 10 nitrogen and oxygen atoms in total. The number of ether oxygens (including phenoxy) is 1. The Morgan fingerprint density at radius 3 is 2.64 bits per heavy atom. The van der Waals surface area contributed by atoms with E-state index in [1.54, 1.807) is 49.5 Å². The van der Waals surface area contributed by atoms with E-state index in [0.717, 1.165) is 4.47 Å². The highest BCUT2D eigenvalue weighted by Crippen LogP contribution is 2.24. The topological polar surface area (TPSA) is 130 Å². The van der Waals surface area contributed by atoms with Crippen molar-refractivity contribution in [1.29, 1.82) is 0 Å². The number of esters is 1. The summed E-state index contributed by atoms with van der Waals surface area (Å²) in [6.45, 7) is 1.90. The van der Waals surface area contributed by atoms with Crippen molar-refractivity contribution in [3.63, 3.8) is 0 Å². The lowest BCUT2D eigenvalue weighted by molar-refractivity contribution is -0.144. The van der Waals surface area contributed by atoms with Gasteiger partial charge in [0, 0.05) is 29.0 Å². The van der Waals surface area contributed by atoms with Crippen LogP contribution in [0.5, 0.6) is 0 Å². The van der Waals surface area contributed by atoms with Gasteiger partial charge in [-0.05, 0) is 69.8 Å². The van der Waals surface area contributed by atoms with E-state index < -0.39 is 29.7 Å². The molecule has 190 valence electrons. The second-order valence-electron chi connectivity index (χ2n) is 7.69. The maximum Gasteiger partial charge on any atom is 0.325 e. The van der Waals surface area contributed by atoms with Gasteiger partial charge in [0.15, 0.2) is 0 Å². The third-order valence-electron chi connectivity index (χ3n) is 5.20. The molecular weight excluding hydrogens is 598 g/mol. The Balaban J connectivity index is 1.81. The Morgan fingerprint density at radius 2 is 1.94 bits per heavy atom. The number of nitrogens with zero attached hydrogens (tertiary/aromatic N) is 2. The van der Waals surface area contributed by atoms with Crippen LogP contribution in [0.2, 0.25) is 0 Å². The first kappa shape index (κ1) is 27.3. The number of rotatable bonds is 9. The molecule has 3 rings (SSSR count). The molecule has 1 fully saturated rings. The lowest BCUT2D eigenvalue weighted by atomic mass is 10.2. The van der Waals surface area contributed by atoms with Crippen LogP contribution in [-0.4, -0.2) is 59.3 Å². The molecule has 3 amide bonds. The zero-order valence-corrected chi connectivity index (χ0v) is 22.6. The van der Waals surface area contributed by atoms with Crippen molar-refractivity contribution in [3.05, 3.63) is 69.0 Å². The SMILES string of the molecule is CCOC(=O)CNC(=O)[C@@H]1CCCN1C(=O)/C(=C/Nc1ncc(Br)cc1Br)NC(=O)c1ccccc1. The molecule has 0 spiro atoms. The molecule has 2 aromatic rings. The Morgan fingerprint density at radius 1 is 1.19 bits per heavy atom. The number of halogens is 2. The van der Waals surface area contributed by atoms with Crippen molar-refractivity contribution in [1.82, 2.24) is 20.5 Å². The van der Waals surface area contributed by atoms with Crippen molar-refractivity contribution in [3.8, 4) is 0 Å². The summed E-state index contributed by atoms with van der Waals surface area (Å²) >= 11 is 6.73. The van der Waals surface area contributed by atoms with E-state index in [4.69, 9.17) is 4.74 Å². The van der Waals surface area contributed by atoms with Crippen molar-refractivity contribution in [2.24, 2.45) is 0 Å². The van der Waals surface area contributed by atoms with E-state index in [2.05, 4.69) is 52.8 Å². The lowest BCUT2D eigenvalue weighted by Gasteiger charge is -2.25. The van der Waals surface area contributed by atoms with E-state index in [1.165, 1.54) is 11.1 Å². The van der Waals surface area contributed by atoms with E-state index in [9.17, 15) is 19.2 Å². The van der Waals surface area contributed by atoms with Crippen LogP contribution in [0.15, 0.2) is 63.4 Å². The van der Waals surface area contributed by atoms with E-state index in [1.807, 2.05) is 0 Å². The zero-order valence-electron chi connectivity index (χ0n) is 19.4. The van der Waals surface area contributed by atoms with Gasteiger partial charge < -0.3 is 25.6 Å². The van der Waals surface area contributed by atoms with Gasteiger partial charge in [0.1, 0.15) is 24.1 Å². The normalized spacial score (nSPS) is 15.2. The summed E-state index contributed by atoms with van der Waals surface area (Å²) in [5.41, 5.74) is 0.301. The average molecular weight is 623 g/mol. The standard InChI is InChI=1S/C24H25Br2N5O5/c1-2-36-20(32)14-29-23(34)19-9-6-10-31(19)24(35)18(30-22(33)15-7-4-3-5-8-15)13-28-21-17(26)11-16(25)12-27-21/h3-5,7-8,11-13,19H,2,6,9-10,14H2,1H3,(H,27,28)(H,29,34)(H,30,33)/b18-13-/t19-/m0/s1. The van der Waals surface area contributed by atoms with Gasteiger partial charge in [-0.2, -0.15) is 0 Å². The van der Waals surface area contributed by atoms with Crippen molar-refractivity contribution in [2.75, 3.05) is 25.0 Å². The van der Waals surface area contributed by atoms with Crippen LogP contribution in [0.3, 0.4) is 0 Å². The van der Waals surface area contributed by atoms with E-state index in [-0.39, 0.29) is 18.8 Å². The van der Waals surface area contributed by atoms with Crippen molar-refractivity contribution in [2.45, 2.75) is 25.8 Å². The highest BCUT2D eigenvalue weighted by molar-refractivity contribution is 9.11. The molecule has 0 radical (unpaired) electrons. The zero-order chi connectivity index (χ0) is 26.1. The maximum absolute atomic E-state index is 13.5. The summed E-state index contributed by atoms with van der Waals surface area (Å²) < 4.78 is 6.22. The molecule has 0 saturated carbocycles. The summed E-state index contributed by atoms with van der Waals surface area (Å²) in [7, 11) is 0. The minimum Gasteiger partial charge on any atom is -0.465 e. The minimum atomic E-state index is -0.790. The van der Waals surface area contributed by atoms with Crippen LogP contribution < -0.4 is 16.0 Å². The molecule has 1 atom stereocenters. The molecule has 0 aliphatic carbocycles. The molecular formula is C24H25Br2N5O5. The first-order valence-corrected chi connectivity index (χ1v) is 12.8. The second-order valence-corrected chi connectivity index (χ2v) is 9.46. The smallest absolute Gasteiger partial charge is 0.325 e. The quantitative estimate of drug-likeness (QED) is 0.290. The number of benzene rings is 1. The van der Waals surface area contributed by atoms with Crippen LogP contribution in [0.1, 0.15) is 30.1 Å². The third kappa shape index (κ3) is 7.37. The average Bonchev–Trinajstić information content (AvgIpc) is 3.36. The third-order valence-corrected chi connectivity index (χ3v) is 6.24. The van der Waals surface area contributed by atoms with E-state index in [0.29, 0.717) is 35.2 Å². The summed E-state index contributed by atoms with van der Waals surface area (Å²) in [5.74, 6) is -1.64. The molecule has 1 aliphatic rings. The summed E-state index contributed by atoms with van der Waals surface area (Å²) in [6.07, 6.45) is 3.94. The number of carbonyl (C=O) groups excluding carboxylic acids is 4. The van der Waals surface area contributed by atoms with E-state index >= 15 is 0 Å². The van der Waals surface area contributed by atoms with Crippen molar-refractivity contribution < 1.29 is 23.9 Å². The number of pyridine rings is 1. The molecule has 12 heteroatoms. The number of amides is 3. The number of aromatic nitrogens is 1. The summed E-state index contributed by atoms with van der Waals surface area (Å²) in [4.78, 5) is 56.3. The summed E-state index contributed by atoms with van der Waals surface area (Å²) in [6, 6.07) is 9.44. The second kappa shape index (κ2) is 13.2. The number of carbonyl (C=O) groups is 4. The van der Waals surface area contributed by atoms with Gasteiger partial charge in [-0.1, -0.05) is 18.2 Å². The van der Waals surface area contributed by atoms with Crippen LogP contribution >= 0.6 is 31.9 Å². The Hall–Kier alpha value is -3.25. The Kier molecular flexibility index (Phi) is 10.00. The maximum atomic E-state index is 13.5. The van der Waals surface area contributed by atoms with Gasteiger partial charge in [-0.15, -0.1) is 0 Å². The number of nitrogens with one attached hydrogen (secondary N) is 3. The van der Waals surface area contributed by atoms with Crippen LogP contribution in [0.4, 0.5) is 5.82 Å². The molecule has 3 N–H and O–H groups in total. The van der Waals surface area contributed by atoms with Gasteiger partial charge in [-0.3, -0.25) is 19.2 Å². The minimum absolute atomic E-state index is 0.0643. The summed E-state index contributed by atoms with van der Waals surface area (Å²) in [5, 5.41) is 8.10. The number of likely N-dealkylation sites (tertiary alicyclic amines) is 1. The monoisotopic (exact) mass is 621 g/mol. The first-order valence-electron chi connectivity index (χ1n) is 11.2. The number of anilines is 1. The molecule has 1 aromatic heterocycles. The fourth-order valence-corrected chi connectivity index (χ4v) is 4.62. The molecule has 0 bridgehead atoms. The van der Waals surface area contributed by atoms with Crippen molar-refractivity contribution >= 4 is 61.4 Å². The molecule has 36 heavy (non-hydrogen) atoms. The highest BCUT2D eigenvalue weighted by atomic mass is 79.9.